The standard InChI is InChI=1S/C31H35NO2S/c1-3-4-19-31(29-21-23(29)2,26-12-6-5-7-13-26)27-17-15-25(16-18-27)28-14-8-10-24-11-9-20-35(33,34)32-30(28)22-24/h3-8,10,12-18,22-24,29,32H,9,11,19-21H2,1-2H3. The van der Waals surface area contributed by atoms with Gasteiger partial charge in [0.25, 0.3) is 0 Å². The molecule has 0 radical (unpaired) electrons. The van der Waals surface area contributed by atoms with Crippen LogP contribution in [0.15, 0.2) is 96.8 Å². The number of allylic oxidation sites excluding steroid dienone is 7. The van der Waals surface area contributed by atoms with Gasteiger partial charge in [-0.3, -0.25) is 4.72 Å². The van der Waals surface area contributed by atoms with Gasteiger partial charge < -0.3 is 0 Å². The maximum Gasteiger partial charge on any atom is 0.232 e. The molecular formula is C31H35NO2S. The van der Waals surface area contributed by atoms with Crippen molar-refractivity contribution in [1.29, 1.82) is 0 Å². The first-order valence-corrected chi connectivity index (χ1v) is 14.5. The zero-order chi connectivity index (χ0) is 24.5. The molecule has 2 aliphatic carbocycles. The second-order valence-corrected chi connectivity index (χ2v) is 12.1. The summed E-state index contributed by atoms with van der Waals surface area (Å²) in [6.45, 7) is 4.46. The van der Waals surface area contributed by atoms with Crippen LogP contribution in [-0.4, -0.2) is 14.2 Å². The largest absolute Gasteiger partial charge is 0.283 e. The molecule has 0 aromatic heterocycles. The normalized spacial score (nSPS) is 27.0. The SMILES string of the molecule is CC=CCC(c1ccccc1)(c1ccc(C2=CC=CC3C=C2NS(=O)(=O)CCC3)cc1)C1CC1C. The lowest BCUT2D eigenvalue weighted by Gasteiger charge is -2.36. The molecule has 4 unspecified atom stereocenters. The maximum absolute atomic E-state index is 12.6. The van der Waals surface area contributed by atoms with Gasteiger partial charge in [0.05, 0.1) is 11.4 Å². The summed E-state index contributed by atoms with van der Waals surface area (Å²) in [4.78, 5) is 0. The Bertz CT molecular complexity index is 1290. The van der Waals surface area contributed by atoms with E-state index in [0.717, 1.165) is 24.0 Å². The Labute approximate surface area is 210 Å². The Balaban J connectivity index is 1.56. The first-order valence-electron chi connectivity index (χ1n) is 12.8. The molecule has 0 amide bonds. The number of sulfonamides is 1. The van der Waals surface area contributed by atoms with Crippen LogP contribution in [0, 0.1) is 17.8 Å². The van der Waals surface area contributed by atoms with Gasteiger partial charge in [0, 0.05) is 11.0 Å². The molecule has 0 spiro atoms. The van der Waals surface area contributed by atoms with Crippen molar-refractivity contribution in [3.8, 4) is 0 Å². The minimum Gasteiger partial charge on any atom is -0.283 e. The fourth-order valence-electron chi connectivity index (χ4n) is 5.97. The average molecular weight is 486 g/mol. The lowest BCUT2D eigenvalue weighted by atomic mass is 9.67. The highest BCUT2D eigenvalue weighted by Gasteiger charge is 2.51. The molecule has 1 N–H and O–H groups in total. The number of fused-ring (bicyclic) bond motifs is 1. The molecule has 35 heavy (non-hydrogen) atoms. The summed E-state index contributed by atoms with van der Waals surface area (Å²) >= 11 is 0. The van der Waals surface area contributed by atoms with E-state index in [9.17, 15) is 8.42 Å². The Morgan fingerprint density at radius 3 is 2.46 bits per heavy atom. The molecule has 3 aliphatic rings. The molecule has 4 heteroatoms. The zero-order valence-corrected chi connectivity index (χ0v) is 21.5. The van der Waals surface area contributed by atoms with E-state index in [1.54, 1.807) is 0 Å². The van der Waals surface area contributed by atoms with Crippen LogP contribution in [0.1, 0.15) is 56.2 Å². The Morgan fingerprint density at radius 2 is 1.77 bits per heavy atom. The van der Waals surface area contributed by atoms with Gasteiger partial charge in [-0.2, -0.15) is 0 Å². The molecular weight excluding hydrogens is 450 g/mol. The zero-order valence-electron chi connectivity index (χ0n) is 20.7. The molecule has 1 saturated carbocycles. The lowest BCUT2D eigenvalue weighted by molar-refractivity contribution is 0.431. The third-order valence-electron chi connectivity index (χ3n) is 7.93. The summed E-state index contributed by atoms with van der Waals surface area (Å²) < 4.78 is 28.0. The molecule has 2 aromatic rings. The van der Waals surface area contributed by atoms with Gasteiger partial charge in [0.2, 0.25) is 10.0 Å². The third-order valence-corrected chi connectivity index (χ3v) is 9.28. The van der Waals surface area contributed by atoms with E-state index >= 15 is 0 Å². The number of hydrogen-bond donors (Lipinski definition) is 1. The van der Waals surface area contributed by atoms with Crippen molar-refractivity contribution >= 4 is 15.6 Å². The topological polar surface area (TPSA) is 46.2 Å². The second kappa shape index (κ2) is 9.66. The van der Waals surface area contributed by atoms with E-state index in [0.29, 0.717) is 24.0 Å². The van der Waals surface area contributed by atoms with Crippen molar-refractivity contribution in [1.82, 2.24) is 4.72 Å². The fraction of sp³-hybridized carbons (Fsp3) is 0.355. The summed E-state index contributed by atoms with van der Waals surface area (Å²) in [5.74, 6) is 1.73. The van der Waals surface area contributed by atoms with E-state index in [1.165, 1.54) is 17.5 Å². The van der Waals surface area contributed by atoms with Crippen LogP contribution in [0.25, 0.3) is 5.57 Å². The average Bonchev–Trinajstić information content (AvgIpc) is 3.61. The first-order chi connectivity index (χ1) is 16.9. The van der Waals surface area contributed by atoms with Crippen LogP contribution in [0.3, 0.4) is 0 Å². The molecule has 2 bridgehead atoms. The fourth-order valence-corrected chi connectivity index (χ4v) is 7.13. The van der Waals surface area contributed by atoms with Crippen LogP contribution in [0.4, 0.5) is 0 Å². The van der Waals surface area contributed by atoms with Crippen LogP contribution >= 0.6 is 0 Å². The minimum atomic E-state index is -3.33. The molecule has 182 valence electrons. The second-order valence-electron chi connectivity index (χ2n) is 10.3. The first kappa shape index (κ1) is 23.9. The summed E-state index contributed by atoms with van der Waals surface area (Å²) in [5.41, 5.74) is 5.30. The van der Waals surface area contributed by atoms with Gasteiger partial charge in [-0.05, 0) is 67.1 Å². The van der Waals surface area contributed by atoms with Crippen molar-refractivity contribution in [2.45, 2.75) is 44.9 Å². The summed E-state index contributed by atoms with van der Waals surface area (Å²) in [7, 11) is -3.33. The maximum atomic E-state index is 12.6. The Morgan fingerprint density at radius 1 is 1.06 bits per heavy atom. The predicted octanol–water partition coefficient (Wildman–Crippen LogP) is 6.76. The van der Waals surface area contributed by atoms with Gasteiger partial charge >= 0.3 is 0 Å². The van der Waals surface area contributed by atoms with E-state index in [2.05, 4.69) is 104 Å². The highest BCUT2D eigenvalue weighted by atomic mass is 32.2. The predicted molar refractivity (Wildman–Crippen MR) is 145 cm³/mol. The quantitative estimate of drug-likeness (QED) is 0.459. The van der Waals surface area contributed by atoms with Gasteiger partial charge in [0.1, 0.15) is 0 Å². The highest BCUT2D eigenvalue weighted by molar-refractivity contribution is 7.89. The van der Waals surface area contributed by atoms with Gasteiger partial charge in [-0.15, -0.1) is 0 Å². The molecule has 1 fully saturated rings. The van der Waals surface area contributed by atoms with E-state index in [1.807, 2.05) is 6.08 Å². The van der Waals surface area contributed by atoms with E-state index in [4.69, 9.17) is 0 Å². The van der Waals surface area contributed by atoms with Crippen LogP contribution in [0.2, 0.25) is 0 Å². The Kier molecular flexibility index (Phi) is 6.59. The monoisotopic (exact) mass is 485 g/mol. The molecule has 3 nitrogen and oxygen atoms in total. The molecule has 1 aliphatic heterocycles. The smallest absolute Gasteiger partial charge is 0.232 e. The van der Waals surface area contributed by atoms with Crippen molar-refractivity contribution in [2.24, 2.45) is 17.8 Å². The summed E-state index contributed by atoms with van der Waals surface area (Å²) in [6, 6.07) is 19.8. The summed E-state index contributed by atoms with van der Waals surface area (Å²) in [6.07, 6.45) is 16.6. The van der Waals surface area contributed by atoms with Crippen molar-refractivity contribution in [3.63, 3.8) is 0 Å². The molecule has 1 heterocycles. The molecule has 4 atom stereocenters. The van der Waals surface area contributed by atoms with Crippen LogP contribution < -0.4 is 4.72 Å². The highest BCUT2D eigenvalue weighted by Crippen LogP contribution is 2.57. The van der Waals surface area contributed by atoms with Crippen molar-refractivity contribution < 1.29 is 8.42 Å². The number of nitrogens with one attached hydrogen (secondary N) is 1. The van der Waals surface area contributed by atoms with E-state index < -0.39 is 10.0 Å². The Hall–Kier alpha value is -2.85. The van der Waals surface area contributed by atoms with Gasteiger partial charge in [-0.25, -0.2) is 8.42 Å². The van der Waals surface area contributed by atoms with Crippen molar-refractivity contribution in [2.75, 3.05) is 5.75 Å². The number of rotatable bonds is 6. The number of hydrogen-bond acceptors (Lipinski definition) is 2. The van der Waals surface area contributed by atoms with E-state index in [-0.39, 0.29) is 17.1 Å². The third kappa shape index (κ3) is 4.81. The summed E-state index contributed by atoms with van der Waals surface area (Å²) in [5, 5.41) is 0. The van der Waals surface area contributed by atoms with Gasteiger partial charge in [0.15, 0.2) is 0 Å². The molecule has 2 aromatic carbocycles. The van der Waals surface area contributed by atoms with Gasteiger partial charge in [-0.1, -0.05) is 98.0 Å². The minimum absolute atomic E-state index is 0.0599. The molecule has 5 rings (SSSR count). The lowest BCUT2D eigenvalue weighted by Crippen LogP contribution is -2.31. The van der Waals surface area contributed by atoms with Crippen LogP contribution in [-0.2, 0) is 15.4 Å². The molecule has 0 saturated heterocycles. The number of benzene rings is 2. The van der Waals surface area contributed by atoms with Crippen LogP contribution in [0.5, 0.6) is 0 Å². The van der Waals surface area contributed by atoms with Crippen molar-refractivity contribution in [3.05, 3.63) is 113 Å².